The number of anilines is 1. The minimum Gasteiger partial charge on any atom is -0.378 e. The number of allylic oxidation sites excluding steroid dienone is 2. The second-order valence-electron chi connectivity index (χ2n) is 7.54. The molecule has 3 nitrogen and oxygen atoms in total. The molecule has 0 heterocycles. The van der Waals surface area contributed by atoms with E-state index in [1.54, 1.807) is 0 Å². The number of carbonyl (C=O) groups is 1. The largest absolute Gasteiger partial charge is 0.378 e. The normalized spacial score (nSPS) is 9.77. The van der Waals surface area contributed by atoms with Crippen molar-refractivity contribution in [3.63, 3.8) is 0 Å². The van der Waals surface area contributed by atoms with E-state index in [2.05, 4.69) is 114 Å². The van der Waals surface area contributed by atoms with Crippen molar-refractivity contribution in [1.29, 1.82) is 0 Å². The molecule has 0 aliphatic carbocycles. The van der Waals surface area contributed by atoms with Crippen molar-refractivity contribution in [2.45, 2.75) is 54.4 Å². The standard InChI is InChI=1S/C10H15N.C8H14S.C8H10.CH3NO/c1-4-9-5-7-10(8-6-9)11(2)3;1-6(2)5-7(3)8(4)9;1-2-8-6-4-3-5-7-8;2-1-3/h5-8H,4H2,1-3H3;5-6H,1-4H3;3-7H,2H2,1H3;1H,(H2,2,3)/b;7-5-;;. The molecule has 2 rings (SSSR count). The fourth-order valence-corrected chi connectivity index (χ4v) is 2.43. The van der Waals surface area contributed by atoms with Crippen LogP contribution < -0.4 is 10.6 Å². The van der Waals surface area contributed by atoms with Gasteiger partial charge in [-0.1, -0.05) is 88.5 Å². The highest BCUT2D eigenvalue weighted by atomic mass is 32.1. The summed E-state index contributed by atoms with van der Waals surface area (Å²) in [6, 6.07) is 19.1. The summed E-state index contributed by atoms with van der Waals surface area (Å²) < 4.78 is 0. The number of aryl methyl sites for hydroxylation is 2. The maximum absolute atomic E-state index is 8.58. The van der Waals surface area contributed by atoms with E-state index >= 15 is 0 Å². The third-order valence-corrected chi connectivity index (χ3v) is 4.57. The third kappa shape index (κ3) is 18.1. The SMILES string of the molecule is CC(=S)/C(C)=C\C(C)C.CCc1ccc(N(C)C)cc1.CCc1ccccc1.NC=O. The van der Waals surface area contributed by atoms with Crippen LogP contribution in [0.3, 0.4) is 0 Å². The van der Waals surface area contributed by atoms with Crippen molar-refractivity contribution >= 4 is 29.2 Å². The predicted octanol–water partition coefficient (Wildman–Crippen LogP) is 6.64. The second-order valence-corrected chi connectivity index (χ2v) is 8.15. The fourth-order valence-electron chi connectivity index (χ4n) is 2.36. The van der Waals surface area contributed by atoms with Crippen LogP contribution in [0.2, 0.25) is 0 Å². The third-order valence-electron chi connectivity index (χ3n) is 4.25. The number of carbonyl (C=O) groups excluding carboxylic acids is 1. The highest BCUT2D eigenvalue weighted by molar-refractivity contribution is 7.80. The molecule has 0 atom stereocenters. The Hall–Kier alpha value is -2.46. The van der Waals surface area contributed by atoms with Crippen molar-refractivity contribution in [2.75, 3.05) is 19.0 Å². The molecule has 0 aliphatic heterocycles. The van der Waals surface area contributed by atoms with Crippen LogP contribution in [-0.2, 0) is 17.6 Å². The molecule has 172 valence electrons. The number of rotatable bonds is 5. The van der Waals surface area contributed by atoms with Gasteiger partial charge in [-0.15, -0.1) is 0 Å². The Labute approximate surface area is 196 Å². The molecule has 0 spiro atoms. The maximum atomic E-state index is 8.58. The van der Waals surface area contributed by atoms with Gasteiger partial charge in [-0.25, -0.2) is 0 Å². The van der Waals surface area contributed by atoms with E-state index in [0.29, 0.717) is 5.92 Å². The van der Waals surface area contributed by atoms with E-state index in [1.807, 2.05) is 13.0 Å². The van der Waals surface area contributed by atoms with Crippen molar-refractivity contribution < 1.29 is 4.79 Å². The van der Waals surface area contributed by atoms with E-state index in [1.165, 1.54) is 22.4 Å². The molecule has 1 amide bonds. The molecule has 0 saturated carbocycles. The van der Waals surface area contributed by atoms with Gasteiger partial charge in [0.1, 0.15) is 0 Å². The van der Waals surface area contributed by atoms with Gasteiger partial charge < -0.3 is 10.6 Å². The Morgan fingerprint density at radius 2 is 1.35 bits per heavy atom. The summed E-state index contributed by atoms with van der Waals surface area (Å²) in [6.45, 7) is 12.7. The van der Waals surface area contributed by atoms with Gasteiger partial charge in [-0.2, -0.15) is 0 Å². The molecular weight excluding hydrogens is 400 g/mol. The number of amides is 1. The number of benzene rings is 2. The molecule has 0 aromatic heterocycles. The molecule has 0 fully saturated rings. The summed E-state index contributed by atoms with van der Waals surface area (Å²) in [5.41, 5.74) is 9.48. The van der Waals surface area contributed by atoms with Gasteiger partial charge in [0.2, 0.25) is 6.41 Å². The van der Waals surface area contributed by atoms with Crippen LogP contribution in [-0.4, -0.2) is 25.4 Å². The summed E-state index contributed by atoms with van der Waals surface area (Å²) in [4.78, 5) is 11.7. The van der Waals surface area contributed by atoms with E-state index in [-0.39, 0.29) is 6.41 Å². The highest BCUT2D eigenvalue weighted by Gasteiger charge is 1.93. The number of hydrogen-bond acceptors (Lipinski definition) is 3. The number of nitrogens with zero attached hydrogens (tertiary/aromatic N) is 1. The van der Waals surface area contributed by atoms with Crippen molar-refractivity contribution in [2.24, 2.45) is 11.7 Å². The van der Waals surface area contributed by atoms with Gasteiger partial charge in [-0.3, -0.25) is 4.79 Å². The van der Waals surface area contributed by atoms with Crippen LogP contribution >= 0.6 is 12.2 Å². The minimum absolute atomic E-state index is 0.250. The molecule has 0 unspecified atom stereocenters. The van der Waals surface area contributed by atoms with Crippen LogP contribution in [0.25, 0.3) is 0 Å². The molecule has 4 heteroatoms. The van der Waals surface area contributed by atoms with E-state index in [4.69, 9.17) is 17.0 Å². The zero-order valence-corrected chi connectivity index (χ0v) is 21.5. The number of primary amides is 1. The lowest BCUT2D eigenvalue weighted by atomic mass is 10.1. The summed E-state index contributed by atoms with van der Waals surface area (Å²) in [7, 11) is 4.11. The topological polar surface area (TPSA) is 46.3 Å². The fraction of sp³-hybridized carbons (Fsp3) is 0.407. The summed E-state index contributed by atoms with van der Waals surface area (Å²) in [6.07, 6.45) is 4.69. The van der Waals surface area contributed by atoms with E-state index in [0.717, 1.165) is 17.7 Å². The van der Waals surface area contributed by atoms with Crippen molar-refractivity contribution in [1.82, 2.24) is 0 Å². The van der Waals surface area contributed by atoms with Crippen molar-refractivity contribution in [3.05, 3.63) is 77.4 Å². The Balaban J connectivity index is 0. The van der Waals surface area contributed by atoms with Crippen LogP contribution in [0, 0.1) is 5.92 Å². The smallest absolute Gasteiger partial charge is 0.204 e. The molecule has 0 saturated heterocycles. The lowest BCUT2D eigenvalue weighted by Crippen LogP contribution is -2.08. The molecule has 2 aromatic carbocycles. The molecule has 0 aliphatic rings. The number of thiocarbonyl (C=S) groups is 1. The van der Waals surface area contributed by atoms with E-state index in [9.17, 15) is 0 Å². The Morgan fingerprint density at radius 1 is 0.935 bits per heavy atom. The Kier molecular flexibility index (Phi) is 19.3. The van der Waals surface area contributed by atoms with Crippen LogP contribution in [0.5, 0.6) is 0 Å². The van der Waals surface area contributed by atoms with Crippen molar-refractivity contribution in [3.8, 4) is 0 Å². The summed E-state index contributed by atoms with van der Waals surface area (Å²) >= 11 is 4.97. The molecule has 2 aromatic rings. The lowest BCUT2D eigenvalue weighted by Gasteiger charge is -2.11. The van der Waals surface area contributed by atoms with Gasteiger partial charge in [0.15, 0.2) is 0 Å². The van der Waals surface area contributed by atoms with Crippen LogP contribution in [0.4, 0.5) is 5.69 Å². The molecule has 0 radical (unpaired) electrons. The molecule has 0 bridgehead atoms. The Bertz CT molecular complexity index is 736. The predicted molar refractivity (Wildman–Crippen MR) is 143 cm³/mol. The zero-order chi connectivity index (χ0) is 24.2. The van der Waals surface area contributed by atoms with Gasteiger partial charge in [-0.05, 0) is 61.4 Å². The zero-order valence-electron chi connectivity index (χ0n) is 20.7. The Morgan fingerprint density at radius 3 is 1.61 bits per heavy atom. The van der Waals surface area contributed by atoms with Gasteiger partial charge in [0.25, 0.3) is 0 Å². The highest BCUT2D eigenvalue weighted by Crippen LogP contribution is 2.12. The summed E-state index contributed by atoms with van der Waals surface area (Å²) in [5.74, 6) is 0.614. The van der Waals surface area contributed by atoms with Gasteiger partial charge in [0, 0.05) is 24.6 Å². The first-order chi connectivity index (χ1) is 14.6. The van der Waals surface area contributed by atoms with Crippen LogP contribution in [0.15, 0.2) is 66.2 Å². The first kappa shape index (κ1) is 30.7. The first-order valence-corrected chi connectivity index (χ1v) is 11.2. The second kappa shape index (κ2) is 19.5. The van der Waals surface area contributed by atoms with Gasteiger partial charge in [0.05, 0.1) is 0 Å². The monoisotopic (exact) mass is 442 g/mol. The minimum atomic E-state index is 0.250. The average Bonchev–Trinajstić information content (AvgIpc) is 2.75. The maximum Gasteiger partial charge on any atom is 0.204 e. The van der Waals surface area contributed by atoms with Crippen LogP contribution in [0.1, 0.15) is 52.7 Å². The molecule has 31 heavy (non-hydrogen) atoms. The quantitative estimate of drug-likeness (QED) is 0.320. The number of hydrogen-bond donors (Lipinski definition) is 1. The first-order valence-electron chi connectivity index (χ1n) is 10.8. The summed E-state index contributed by atoms with van der Waals surface area (Å²) in [5, 5.41) is 0. The lowest BCUT2D eigenvalue weighted by molar-refractivity contribution is -0.106. The number of nitrogens with two attached hydrogens (primary N) is 1. The van der Waals surface area contributed by atoms with Gasteiger partial charge >= 0.3 is 0 Å². The van der Waals surface area contributed by atoms with E-state index < -0.39 is 0 Å². The molecular formula is C27H42N2OS. The molecule has 2 N–H and O–H groups in total. The average molecular weight is 443 g/mol.